The number of benzene rings is 2. The normalized spacial score (nSPS) is 13.0. The summed E-state index contributed by atoms with van der Waals surface area (Å²) >= 11 is 6.00. The van der Waals surface area contributed by atoms with E-state index in [-0.39, 0.29) is 27.0 Å². The summed E-state index contributed by atoms with van der Waals surface area (Å²) in [5.74, 6) is -0.764. The Balaban J connectivity index is 2.38. The molecule has 0 atom stereocenters. The summed E-state index contributed by atoms with van der Waals surface area (Å²) in [6.07, 6.45) is 0. The van der Waals surface area contributed by atoms with Gasteiger partial charge in [0.2, 0.25) is 0 Å². The van der Waals surface area contributed by atoms with Gasteiger partial charge in [-0.25, -0.2) is 12.6 Å². The van der Waals surface area contributed by atoms with Crippen LogP contribution in [0, 0.1) is 6.92 Å². The molecule has 0 aliphatic rings. The molecule has 0 spiro atoms. The van der Waals surface area contributed by atoms with E-state index in [0.717, 1.165) is 18.2 Å². The van der Waals surface area contributed by atoms with Crippen LogP contribution in [0.5, 0.6) is 0 Å². The molecule has 0 aliphatic carbocycles. The Hall–Kier alpha value is -2.14. The molecule has 12 nitrogen and oxygen atoms in total. The van der Waals surface area contributed by atoms with Crippen molar-refractivity contribution >= 4 is 59.0 Å². The molecule has 4 N–H and O–H groups in total. The van der Waals surface area contributed by atoms with Crippen LogP contribution >= 0.6 is 11.6 Å². The first kappa shape index (κ1) is 25.1. The molecule has 0 aliphatic heterocycles. The Bertz CT molecular complexity index is 1360. The number of sulfone groups is 1. The van der Waals surface area contributed by atoms with Crippen molar-refractivity contribution < 1.29 is 38.5 Å². The second kappa shape index (κ2) is 9.15. The maximum Gasteiger partial charge on any atom is 0.397 e. The zero-order chi connectivity index (χ0) is 23.6. The van der Waals surface area contributed by atoms with Crippen LogP contribution in [-0.2, 0) is 34.5 Å². The lowest BCUT2D eigenvalue weighted by Crippen LogP contribution is -2.15. The molecule has 0 saturated carbocycles. The van der Waals surface area contributed by atoms with Crippen LogP contribution in [0.1, 0.15) is 5.56 Å². The smallest absolute Gasteiger partial charge is 0.397 e. The summed E-state index contributed by atoms with van der Waals surface area (Å²) in [7, 11) is -13.4. The van der Waals surface area contributed by atoms with Crippen molar-refractivity contribution in [1.29, 1.82) is 0 Å². The van der Waals surface area contributed by atoms with E-state index in [1.165, 1.54) is 12.1 Å². The third-order valence-corrected chi connectivity index (χ3v) is 7.10. The molecule has 2 aromatic carbocycles. The second-order valence-corrected chi connectivity index (χ2v) is 11.0. The van der Waals surface area contributed by atoms with Gasteiger partial charge < -0.3 is 5.73 Å². The SMILES string of the molecule is Cc1cc(N)c(S(=O)(=O)O)cc1N=Nc1cc(S(=O)(=O)CCOS(=O)(=O)O)ccc1Cl. The minimum Gasteiger partial charge on any atom is -0.398 e. The van der Waals surface area contributed by atoms with Crippen LogP contribution in [0.15, 0.2) is 50.4 Å². The fraction of sp³-hybridized carbons (Fsp3) is 0.200. The summed E-state index contributed by atoms with van der Waals surface area (Å²) < 4.78 is 90.3. The van der Waals surface area contributed by atoms with Gasteiger partial charge in [0.15, 0.2) is 9.84 Å². The Labute approximate surface area is 183 Å². The van der Waals surface area contributed by atoms with Crippen molar-refractivity contribution in [3.63, 3.8) is 0 Å². The molecule has 0 amide bonds. The maximum atomic E-state index is 12.3. The molecule has 0 saturated heterocycles. The van der Waals surface area contributed by atoms with E-state index >= 15 is 0 Å². The lowest BCUT2D eigenvalue weighted by molar-refractivity contribution is 0.284. The van der Waals surface area contributed by atoms with Crippen LogP contribution in [0.2, 0.25) is 5.02 Å². The van der Waals surface area contributed by atoms with E-state index in [2.05, 4.69) is 14.4 Å². The molecule has 0 radical (unpaired) electrons. The van der Waals surface area contributed by atoms with Crippen molar-refractivity contribution in [2.75, 3.05) is 18.1 Å². The number of nitrogen functional groups attached to an aromatic ring is 1. The second-order valence-electron chi connectivity index (χ2n) is 6.03. The Morgan fingerprint density at radius 3 is 2.19 bits per heavy atom. The maximum absolute atomic E-state index is 12.3. The van der Waals surface area contributed by atoms with Gasteiger partial charge in [-0.15, -0.1) is 5.11 Å². The topological polar surface area (TPSA) is 203 Å². The fourth-order valence-electron chi connectivity index (χ4n) is 2.27. The molecule has 2 aromatic rings. The number of rotatable bonds is 8. The van der Waals surface area contributed by atoms with E-state index < -0.39 is 47.6 Å². The van der Waals surface area contributed by atoms with Gasteiger partial charge >= 0.3 is 10.4 Å². The monoisotopic (exact) mass is 513 g/mol. The van der Waals surface area contributed by atoms with Crippen molar-refractivity contribution in [3.05, 3.63) is 40.9 Å². The molecule has 0 heterocycles. The Morgan fingerprint density at radius 2 is 1.61 bits per heavy atom. The van der Waals surface area contributed by atoms with Crippen LogP contribution in [0.25, 0.3) is 0 Å². The number of hydrogen-bond donors (Lipinski definition) is 3. The minimum absolute atomic E-state index is 0.0139. The molecule has 31 heavy (non-hydrogen) atoms. The Morgan fingerprint density at radius 1 is 1.00 bits per heavy atom. The van der Waals surface area contributed by atoms with Gasteiger partial charge in [0.1, 0.15) is 10.6 Å². The van der Waals surface area contributed by atoms with Crippen LogP contribution in [-0.4, -0.2) is 46.7 Å². The molecule has 16 heteroatoms. The predicted octanol–water partition coefficient (Wildman–Crippen LogP) is 2.49. The average Bonchev–Trinajstić information content (AvgIpc) is 2.59. The molecular formula is C15H16ClN3O9S3. The highest BCUT2D eigenvalue weighted by Crippen LogP contribution is 2.33. The van der Waals surface area contributed by atoms with Crippen molar-refractivity contribution in [2.45, 2.75) is 16.7 Å². The highest BCUT2D eigenvalue weighted by molar-refractivity contribution is 7.91. The Kier molecular flexibility index (Phi) is 7.42. The zero-order valence-corrected chi connectivity index (χ0v) is 18.8. The van der Waals surface area contributed by atoms with Gasteiger partial charge in [0.05, 0.1) is 33.7 Å². The minimum atomic E-state index is -4.79. The quantitative estimate of drug-likeness (QED) is 0.267. The molecular weight excluding hydrogens is 498 g/mol. The zero-order valence-electron chi connectivity index (χ0n) is 15.6. The molecule has 0 fully saturated rings. The van der Waals surface area contributed by atoms with E-state index in [4.69, 9.17) is 21.9 Å². The number of nitrogens with two attached hydrogens (primary N) is 1. The number of hydrogen-bond acceptors (Lipinski definition) is 10. The van der Waals surface area contributed by atoms with Crippen molar-refractivity contribution in [3.8, 4) is 0 Å². The summed E-state index contributed by atoms with van der Waals surface area (Å²) in [4.78, 5) is -0.856. The van der Waals surface area contributed by atoms with E-state index in [0.29, 0.717) is 5.56 Å². The molecule has 170 valence electrons. The highest BCUT2D eigenvalue weighted by Gasteiger charge is 2.19. The van der Waals surface area contributed by atoms with Crippen LogP contribution in [0.4, 0.5) is 17.1 Å². The highest BCUT2D eigenvalue weighted by atomic mass is 35.5. The third-order valence-electron chi connectivity index (χ3n) is 3.73. The van der Waals surface area contributed by atoms with E-state index in [1.54, 1.807) is 6.92 Å². The largest absolute Gasteiger partial charge is 0.398 e. The van der Waals surface area contributed by atoms with Crippen LogP contribution < -0.4 is 5.73 Å². The lowest BCUT2D eigenvalue weighted by atomic mass is 10.2. The van der Waals surface area contributed by atoms with Gasteiger partial charge in [-0.2, -0.15) is 21.9 Å². The molecule has 0 bridgehead atoms. The number of azo groups is 1. The summed E-state index contributed by atoms with van der Waals surface area (Å²) in [5, 5.41) is 7.69. The summed E-state index contributed by atoms with van der Waals surface area (Å²) in [5.41, 5.74) is 5.72. The van der Waals surface area contributed by atoms with Crippen molar-refractivity contribution in [2.24, 2.45) is 10.2 Å². The van der Waals surface area contributed by atoms with E-state index in [9.17, 15) is 29.8 Å². The number of nitrogens with zero attached hydrogens (tertiary/aromatic N) is 2. The number of anilines is 1. The molecule has 0 aromatic heterocycles. The van der Waals surface area contributed by atoms with Crippen LogP contribution in [0.3, 0.4) is 0 Å². The first-order valence-electron chi connectivity index (χ1n) is 8.04. The van der Waals surface area contributed by atoms with Gasteiger partial charge in [-0.3, -0.25) is 9.11 Å². The van der Waals surface area contributed by atoms with Gasteiger partial charge in [-0.1, -0.05) is 11.6 Å². The lowest BCUT2D eigenvalue weighted by Gasteiger charge is -2.07. The van der Waals surface area contributed by atoms with Crippen molar-refractivity contribution in [1.82, 2.24) is 0 Å². The number of aryl methyl sites for hydroxylation is 1. The third kappa shape index (κ3) is 6.93. The van der Waals surface area contributed by atoms with E-state index in [1.807, 2.05) is 0 Å². The standard InChI is InChI=1S/C15H16ClN3O9S3/c1-9-6-12(17)15(30(22,23)24)8-13(9)18-19-14-7-10(2-3-11(14)16)29(20,21)5-4-28-31(25,26)27/h2-3,6-8H,4-5,17H2,1H3,(H,22,23,24)(H,25,26,27). The summed E-state index contributed by atoms with van der Waals surface area (Å²) in [6, 6.07) is 5.67. The van der Waals surface area contributed by atoms with Gasteiger partial charge in [-0.05, 0) is 42.8 Å². The fourth-order valence-corrected chi connectivity index (χ4v) is 4.55. The van der Waals surface area contributed by atoms with Gasteiger partial charge in [0.25, 0.3) is 10.1 Å². The molecule has 0 unspecified atom stereocenters. The molecule has 2 rings (SSSR count). The first-order chi connectivity index (χ1) is 14.1. The number of halogens is 1. The first-order valence-corrected chi connectivity index (χ1v) is 12.9. The average molecular weight is 514 g/mol. The predicted molar refractivity (Wildman–Crippen MR) is 111 cm³/mol. The van der Waals surface area contributed by atoms with Gasteiger partial charge in [0, 0.05) is 0 Å². The summed E-state index contributed by atoms with van der Waals surface area (Å²) in [6.45, 7) is 0.736.